The molecule has 12 heteroatoms. The topological polar surface area (TPSA) is 167 Å². The summed E-state index contributed by atoms with van der Waals surface area (Å²) in [5.41, 5.74) is 4.05. The Morgan fingerprint density at radius 3 is 2.36 bits per heavy atom. The summed E-state index contributed by atoms with van der Waals surface area (Å²) >= 11 is 0. The van der Waals surface area contributed by atoms with Crippen molar-refractivity contribution in [2.45, 2.75) is 69.7 Å². The quantitative estimate of drug-likeness (QED) is 0.0668. The van der Waals surface area contributed by atoms with E-state index in [1.165, 1.54) is 12.1 Å². The van der Waals surface area contributed by atoms with Crippen molar-refractivity contribution in [3.05, 3.63) is 125 Å². The number of likely N-dealkylation sites (tertiary alicyclic amines) is 1. The number of aromatic nitrogens is 1. The molecule has 2 aliphatic rings. The van der Waals surface area contributed by atoms with E-state index in [4.69, 9.17) is 4.74 Å². The Bertz CT molecular complexity index is 2210. The van der Waals surface area contributed by atoms with Crippen LogP contribution < -0.4 is 25.8 Å². The number of phenols is 1. The van der Waals surface area contributed by atoms with Crippen LogP contribution in [-0.2, 0) is 11.3 Å². The highest BCUT2D eigenvalue weighted by Gasteiger charge is 2.31. The summed E-state index contributed by atoms with van der Waals surface area (Å²) in [7, 11) is 0. The van der Waals surface area contributed by atoms with Gasteiger partial charge in [0.05, 0.1) is 17.3 Å². The van der Waals surface area contributed by atoms with E-state index in [0.717, 1.165) is 87.0 Å². The molecule has 304 valence electrons. The molecule has 1 aliphatic carbocycles. The number of nitrogens with zero attached hydrogens (tertiary/aromatic N) is 2. The monoisotopic (exact) mass is 787 g/mol. The van der Waals surface area contributed by atoms with Crippen LogP contribution in [0.1, 0.15) is 62.2 Å². The fourth-order valence-electron chi connectivity index (χ4n) is 8.57. The molecule has 0 unspecified atom stereocenters. The highest BCUT2D eigenvalue weighted by Crippen LogP contribution is 2.35. The first-order chi connectivity index (χ1) is 28.2. The molecule has 58 heavy (non-hydrogen) atoms. The largest absolute Gasteiger partial charge is 0.506 e. The average molecular weight is 788 g/mol. The first kappa shape index (κ1) is 40.5. The third kappa shape index (κ3) is 10.1. The molecule has 6 N–H and O–H groups in total. The molecule has 7 rings (SSSR count). The predicted molar refractivity (Wildman–Crippen MR) is 225 cm³/mol. The third-order valence-electron chi connectivity index (χ3n) is 11.7. The molecule has 12 nitrogen and oxygen atoms in total. The number of hydrogen-bond donors (Lipinski definition) is 6. The van der Waals surface area contributed by atoms with Crippen molar-refractivity contribution in [3.8, 4) is 22.6 Å². The molecular weight excluding hydrogens is 735 g/mol. The van der Waals surface area contributed by atoms with Crippen LogP contribution in [0, 0.1) is 5.92 Å². The lowest BCUT2D eigenvalue weighted by Gasteiger charge is -2.38. The van der Waals surface area contributed by atoms with Gasteiger partial charge in [-0.2, -0.15) is 0 Å². The van der Waals surface area contributed by atoms with E-state index in [2.05, 4.69) is 20.5 Å². The lowest BCUT2D eigenvalue weighted by Crippen LogP contribution is -2.47. The zero-order valence-corrected chi connectivity index (χ0v) is 32.7. The number of aromatic hydroxyl groups is 1. The van der Waals surface area contributed by atoms with Crippen LogP contribution in [0.15, 0.2) is 108 Å². The number of carbonyl (C=O) groups is 2. The predicted octanol–water partition coefficient (Wildman–Crippen LogP) is 6.82. The van der Waals surface area contributed by atoms with E-state index in [-0.39, 0.29) is 48.0 Å². The van der Waals surface area contributed by atoms with E-state index >= 15 is 0 Å². The first-order valence-electron chi connectivity index (χ1n) is 20.4. The van der Waals surface area contributed by atoms with Crippen molar-refractivity contribution in [3.63, 3.8) is 0 Å². The maximum absolute atomic E-state index is 12.9. The number of amides is 2. The summed E-state index contributed by atoms with van der Waals surface area (Å²) in [6.07, 6.45) is 4.87. The van der Waals surface area contributed by atoms with Crippen LogP contribution in [0.4, 0.5) is 10.5 Å². The average Bonchev–Trinajstić information content (AvgIpc) is 3.24. The number of piperidine rings is 1. The van der Waals surface area contributed by atoms with Gasteiger partial charge in [-0.05, 0) is 92.8 Å². The molecule has 1 saturated carbocycles. The van der Waals surface area contributed by atoms with Gasteiger partial charge in [0.15, 0.2) is 6.61 Å². The second kappa shape index (κ2) is 19.2. The smallest absolute Gasteiger partial charge is 0.412 e. The van der Waals surface area contributed by atoms with E-state index in [1.807, 2.05) is 78.9 Å². The molecule has 4 aromatic carbocycles. The van der Waals surface area contributed by atoms with Crippen molar-refractivity contribution in [1.82, 2.24) is 20.5 Å². The van der Waals surface area contributed by atoms with Gasteiger partial charge in [0.1, 0.15) is 11.5 Å². The molecule has 1 saturated heterocycles. The van der Waals surface area contributed by atoms with Crippen molar-refractivity contribution in [1.29, 1.82) is 0 Å². The summed E-state index contributed by atoms with van der Waals surface area (Å²) in [6.45, 7) is 3.26. The number of para-hydroxylation sites is 2. The van der Waals surface area contributed by atoms with Crippen LogP contribution in [0.5, 0.6) is 11.5 Å². The Morgan fingerprint density at radius 2 is 1.59 bits per heavy atom. The van der Waals surface area contributed by atoms with E-state index in [9.17, 15) is 29.7 Å². The van der Waals surface area contributed by atoms with Crippen LogP contribution in [-0.4, -0.2) is 82.1 Å². The molecule has 1 aliphatic heterocycles. The molecule has 2 fully saturated rings. The van der Waals surface area contributed by atoms with Crippen LogP contribution in [0.25, 0.3) is 22.0 Å². The van der Waals surface area contributed by atoms with E-state index in [0.29, 0.717) is 29.2 Å². The second-order valence-electron chi connectivity index (χ2n) is 15.5. The highest BCUT2D eigenvalue weighted by molar-refractivity contribution is 5.93. The van der Waals surface area contributed by atoms with Crippen LogP contribution in [0.2, 0.25) is 0 Å². The number of aromatic amines is 1. The fraction of sp³-hybridized carbons (Fsp3) is 0.370. The van der Waals surface area contributed by atoms with Crippen molar-refractivity contribution >= 4 is 28.6 Å². The molecule has 0 bridgehead atoms. The molecule has 5 aromatic rings. The van der Waals surface area contributed by atoms with Crippen molar-refractivity contribution < 1.29 is 29.6 Å². The zero-order chi connectivity index (χ0) is 40.4. The number of ether oxygens (including phenoxy) is 1. The maximum Gasteiger partial charge on any atom is 0.412 e. The standard InChI is InChI=1S/C46H53N5O7/c52-40-20-18-37(38-19-21-43(54)49-45(38)40)41(53)29-47-28-33-10-4-7-13-42(33)58-30-44(55)48-34-16-14-31(15-17-34)22-25-50-26-23-35(24-27-50)51(46(56)57)39-12-6-5-11-36(39)32-8-2-1-3-9-32/h1-13,18-21,31,34-35,41,47,52-53H,14-17,22-30H2,(H,48,55)(H,49,54)(H,56,57)/t31?,34?,41-/m0/s1. The number of carbonyl (C=O) groups excluding carboxylic acids is 1. The number of aliphatic hydroxyl groups is 1. The molecule has 2 amide bonds. The number of rotatable bonds is 15. The number of hydrogen-bond acceptors (Lipinski definition) is 8. The minimum atomic E-state index is -0.911. The van der Waals surface area contributed by atoms with Gasteiger partial charge < -0.3 is 40.6 Å². The van der Waals surface area contributed by atoms with Crippen molar-refractivity contribution in [2.24, 2.45) is 5.92 Å². The normalized spacial score (nSPS) is 18.1. The number of H-pyrrole nitrogens is 1. The lowest BCUT2D eigenvalue weighted by atomic mass is 9.84. The van der Waals surface area contributed by atoms with Gasteiger partial charge in [-0.15, -0.1) is 0 Å². The summed E-state index contributed by atoms with van der Waals surface area (Å²) < 4.78 is 5.96. The minimum Gasteiger partial charge on any atom is -0.506 e. The first-order valence-corrected chi connectivity index (χ1v) is 20.4. The summed E-state index contributed by atoms with van der Waals surface area (Å²) in [4.78, 5) is 44.0. The lowest BCUT2D eigenvalue weighted by molar-refractivity contribution is -0.124. The summed E-state index contributed by atoms with van der Waals surface area (Å²) in [6, 6.07) is 31.3. The van der Waals surface area contributed by atoms with Gasteiger partial charge in [-0.1, -0.05) is 72.8 Å². The third-order valence-corrected chi connectivity index (χ3v) is 11.7. The Balaban J connectivity index is 0.811. The van der Waals surface area contributed by atoms with Gasteiger partial charge in [0, 0.05) is 60.8 Å². The number of fused-ring (bicyclic) bond motifs is 1. The number of pyridine rings is 1. The molecule has 1 aromatic heterocycles. The minimum absolute atomic E-state index is 0.0609. The molecule has 1 atom stereocenters. The molecular formula is C46H53N5O7. The zero-order valence-electron chi connectivity index (χ0n) is 32.7. The second-order valence-corrected chi connectivity index (χ2v) is 15.5. The fourth-order valence-corrected chi connectivity index (χ4v) is 8.57. The highest BCUT2D eigenvalue weighted by atomic mass is 16.5. The van der Waals surface area contributed by atoms with Crippen LogP contribution in [0.3, 0.4) is 0 Å². The van der Waals surface area contributed by atoms with E-state index < -0.39 is 12.2 Å². The molecule has 2 heterocycles. The molecule has 0 radical (unpaired) electrons. The van der Waals surface area contributed by atoms with Gasteiger partial charge in [0.25, 0.3) is 5.91 Å². The van der Waals surface area contributed by atoms with Gasteiger partial charge >= 0.3 is 6.09 Å². The number of nitrogens with one attached hydrogen (secondary N) is 3. The Morgan fingerprint density at radius 1 is 0.862 bits per heavy atom. The number of aliphatic hydroxyl groups excluding tert-OH is 1. The Kier molecular flexibility index (Phi) is 13.4. The van der Waals surface area contributed by atoms with Crippen molar-refractivity contribution in [2.75, 3.05) is 37.7 Å². The SMILES string of the molecule is O=C(COc1ccccc1CNC[C@H](O)c1ccc(O)c2[nH]c(=O)ccc12)NC1CCC(CCN2CCC(N(C(=O)O)c3ccccc3-c3ccccc3)CC2)CC1. The van der Waals surface area contributed by atoms with Crippen LogP contribution >= 0.6 is 0 Å². The van der Waals surface area contributed by atoms with E-state index in [1.54, 1.807) is 17.0 Å². The Hall–Kier alpha value is -5.69. The van der Waals surface area contributed by atoms with Gasteiger partial charge in [0.2, 0.25) is 5.56 Å². The van der Waals surface area contributed by atoms with Gasteiger partial charge in [-0.25, -0.2) is 4.79 Å². The number of benzene rings is 4. The summed E-state index contributed by atoms with van der Waals surface area (Å²) in [5, 5.41) is 38.4. The summed E-state index contributed by atoms with van der Waals surface area (Å²) in [5.74, 6) is 0.982. The number of carboxylic acid groups (broad SMARTS) is 1. The molecule has 0 spiro atoms. The van der Waals surface area contributed by atoms with Gasteiger partial charge in [-0.3, -0.25) is 14.5 Å². The number of phenolic OH excluding ortho intramolecular Hbond substituents is 1. The Labute approximate surface area is 338 Å². The number of anilines is 1. The maximum atomic E-state index is 12.9.